The van der Waals surface area contributed by atoms with Crippen LogP contribution in [-0.4, -0.2) is 47.5 Å². The Balaban J connectivity index is 2.08. The molecule has 0 fully saturated rings. The van der Waals surface area contributed by atoms with Gasteiger partial charge in [-0.3, -0.25) is 19.3 Å². The fourth-order valence-electron chi connectivity index (χ4n) is 3.76. The van der Waals surface area contributed by atoms with Gasteiger partial charge in [0.05, 0.1) is 42.7 Å². The predicted octanol–water partition coefficient (Wildman–Crippen LogP) is 3.16. The molecule has 0 bridgehead atoms. The van der Waals surface area contributed by atoms with Crippen LogP contribution < -0.4 is 14.8 Å². The molecule has 2 atom stereocenters. The highest BCUT2D eigenvalue weighted by atomic mass is 16.5. The first-order valence-electron chi connectivity index (χ1n) is 10.1. The third kappa shape index (κ3) is 4.39. The molecule has 1 heterocycles. The van der Waals surface area contributed by atoms with Crippen molar-refractivity contribution in [2.45, 2.75) is 39.3 Å². The quantitative estimate of drug-likeness (QED) is 0.628. The van der Waals surface area contributed by atoms with Crippen molar-refractivity contribution in [3.05, 3.63) is 53.1 Å². The molecule has 0 saturated heterocycles. The normalized spacial score (nSPS) is 14.8. The largest absolute Gasteiger partial charge is 0.493 e. The zero-order valence-electron chi connectivity index (χ0n) is 18.0. The third-order valence-corrected chi connectivity index (χ3v) is 5.01. The van der Waals surface area contributed by atoms with Crippen molar-refractivity contribution in [1.82, 2.24) is 4.90 Å². The minimum atomic E-state index is -0.776. The first-order valence-corrected chi connectivity index (χ1v) is 10.1. The van der Waals surface area contributed by atoms with Crippen LogP contribution in [0.3, 0.4) is 0 Å². The van der Waals surface area contributed by atoms with E-state index in [0.717, 1.165) is 4.90 Å². The maximum absolute atomic E-state index is 13.4. The fraction of sp³-hybridized carbons (Fsp3) is 0.348. The fourth-order valence-corrected chi connectivity index (χ4v) is 3.76. The number of aliphatic hydroxyl groups excluding tert-OH is 1. The van der Waals surface area contributed by atoms with Crippen LogP contribution in [0.4, 0.5) is 5.69 Å². The Kier molecular flexibility index (Phi) is 6.60. The molecule has 3 amide bonds. The number of carbonyl (C=O) groups is 3. The van der Waals surface area contributed by atoms with Crippen LogP contribution in [0.25, 0.3) is 0 Å². The van der Waals surface area contributed by atoms with Gasteiger partial charge in [0.15, 0.2) is 11.5 Å². The van der Waals surface area contributed by atoms with E-state index in [1.807, 2.05) is 6.92 Å². The van der Waals surface area contributed by atoms with Crippen LogP contribution >= 0.6 is 0 Å². The average molecular weight is 426 g/mol. The van der Waals surface area contributed by atoms with Crippen molar-refractivity contribution in [3.63, 3.8) is 0 Å². The van der Waals surface area contributed by atoms with Crippen LogP contribution in [0, 0.1) is 0 Å². The van der Waals surface area contributed by atoms with Crippen molar-refractivity contribution in [2.24, 2.45) is 0 Å². The minimum Gasteiger partial charge on any atom is -0.493 e. The van der Waals surface area contributed by atoms with E-state index in [2.05, 4.69) is 5.32 Å². The van der Waals surface area contributed by atoms with Gasteiger partial charge in [0, 0.05) is 6.92 Å². The molecule has 0 aromatic heterocycles. The Labute approximate surface area is 180 Å². The van der Waals surface area contributed by atoms with Gasteiger partial charge in [0.2, 0.25) is 5.91 Å². The number of nitrogens with one attached hydrogen (secondary N) is 1. The number of carbonyl (C=O) groups excluding carboxylic acids is 3. The van der Waals surface area contributed by atoms with Crippen LogP contribution in [-0.2, 0) is 4.79 Å². The summed E-state index contributed by atoms with van der Waals surface area (Å²) < 4.78 is 11.0. The lowest BCUT2D eigenvalue weighted by atomic mass is 9.98. The standard InChI is InChI=1S/C23H26N2O6/c1-5-31-20-12-15(9-10-19(20)30-4)18(11-13(2)26)25-22(28)16-7-6-8-17(24-14(3)27)21(16)23(25)29/h6-10,12-13,18,26H,5,11H2,1-4H3,(H,24,27)/t13?,18-/m0/s1. The number of hydrogen-bond acceptors (Lipinski definition) is 6. The number of hydrogen-bond donors (Lipinski definition) is 2. The van der Waals surface area contributed by atoms with E-state index in [-0.39, 0.29) is 29.1 Å². The number of ether oxygens (including phenoxy) is 2. The summed E-state index contributed by atoms with van der Waals surface area (Å²) in [5, 5.41) is 12.7. The highest BCUT2D eigenvalue weighted by Crippen LogP contribution is 2.39. The van der Waals surface area contributed by atoms with E-state index < -0.39 is 24.0 Å². The molecule has 8 heteroatoms. The number of methoxy groups -OCH3 is 1. The summed E-state index contributed by atoms with van der Waals surface area (Å²) in [7, 11) is 1.53. The number of nitrogens with zero attached hydrogens (tertiary/aromatic N) is 1. The lowest BCUT2D eigenvalue weighted by molar-refractivity contribution is -0.114. The number of amides is 3. The Morgan fingerprint density at radius 3 is 2.52 bits per heavy atom. The Morgan fingerprint density at radius 1 is 1.16 bits per heavy atom. The molecule has 3 rings (SSSR count). The van der Waals surface area contributed by atoms with E-state index in [1.165, 1.54) is 14.0 Å². The number of imide groups is 1. The van der Waals surface area contributed by atoms with Gasteiger partial charge in [-0.2, -0.15) is 0 Å². The van der Waals surface area contributed by atoms with Crippen LogP contribution in [0.15, 0.2) is 36.4 Å². The second-order valence-electron chi connectivity index (χ2n) is 7.33. The molecule has 1 unspecified atom stereocenters. The number of benzene rings is 2. The maximum atomic E-state index is 13.4. The molecular formula is C23H26N2O6. The molecule has 31 heavy (non-hydrogen) atoms. The van der Waals surface area contributed by atoms with Gasteiger partial charge in [-0.25, -0.2) is 0 Å². The summed E-state index contributed by atoms with van der Waals surface area (Å²) >= 11 is 0. The van der Waals surface area contributed by atoms with Gasteiger partial charge in [-0.15, -0.1) is 0 Å². The second-order valence-corrected chi connectivity index (χ2v) is 7.33. The maximum Gasteiger partial charge on any atom is 0.264 e. The summed E-state index contributed by atoms with van der Waals surface area (Å²) in [5.74, 6) is -0.343. The molecule has 2 N–H and O–H groups in total. The van der Waals surface area contributed by atoms with Gasteiger partial charge >= 0.3 is 0 Å². The van der Waals surface area contributed by atoms with Gasteiger partial charge in [-0.05, 0) is 50.1 Å². The van der Waals surface area contributed by atoms with Crippen molar-refractivity contribution in [2.75, 3.05) is 19.0 Å². The van der Waals surface area contributed by atoms with Crippen molar-refractivity contribution >= 4 is 23.4 Å². The van der Waals surface area contributed by atoms with Crippen LogP contribution in [0.2, 0.25) is 0 Å². The lowest BCUT2D eigenvalue weighted by Crippen LogP contribution is -2.35. The van der Waals surface area contributed by atoms with E-state index in [9.17, 15) is 19.5 Å². The van der Waals surface area contributed by atoms with Crippen LogP contribution in [0.1, 0.15) is 59.5 Å². The zero-order valence-corrected chi connectivity index (χ0v) is 18.0. The lowest BCUT2D eigenvalue weighted by Gasteiger charge is -2.28. The molecule has 8 nitrogen and oxygen atoms in total. The average Bonchev–Trinajstić information content (AvgIpc) is 2.97. The first-order chi connectivity index (χ1) is 14.8. The Morgan fingerprint density at radius 2 is 1.90 bits per heavy atom. The zero-order chi connectivity index (χ0) is 22.7. The van der Waals surface area contributed by atoms with E-state index in [4.69, 9.17) is 9.47 Å². The molecule has 1 aliphatic heterocycles. The molecular weight excluding hydrogens is 400 g/mol. The van der Waals surface area contributed by atoms with Crippen LogP contribution in [0.5, 0.6) is 11.5 Å². The highest BCUT2D eigenvalue weighted by Gasteiger charge is 2.42. The van der Waals surface area contributed by atoms with Gasteiger partial charge in [0.1, 0.15) is 0 Å². The minimum absolute atomic E-state index is 0.138. The Hall–Kier alpha value is -3.39. The van der Waals surface area contributed by atoms with Crippen molar-refractivity contribution < 1.29 is 29.0 Å². The van der Waals surface area contributed by atoms with Crippen molar-refractivity contribution in [3.8, 4) is 11.5 Å². The Bertz CT molecular complexity index is 1020. The smallest absolute Gasteiger partial charge is 0.264 e. The summed E-state index contributed by atoms with van der Waals surface area (Å²) in [6.45, 7) is 5.18. The monoisotopic (exact) mass is 426 g/mol. The molecule has 0 spiro atoms. The summed E-state index contributed by atoms with van der Waals surface area (Å²) in [5.41, 5.74) is 1.27. The molecule has 2 aromatic rings. The number of anilines is 1. The molecule has 1 aliphatic rings. The number of rotatable bonds is 8. The summed E-state index contributed by atoms with van der Waals surface area (Å²) in [6.07, 6.45) is -0.638. The summed E-state index contributed by atoms with van der Waals surface area (Å²) in [4.78, 5) is 39.3. The molecule has 2 aromatic carbocycles. The van der Waals surface area contributed by atoms with Gasteiger partial charge < -0.3 is 19.9 Å². The first kappa shape index (κ1) is 22.3. The summed E-state index contributed by atoms with van der Waals surface area (Å²) in [6, 6.07) is 9.18. The number of fused-ring (bicyclic) bond motifs is 1. The van der Waals surface area contributed by atoms with Gasteiger partial charge in [0.25, 0.3) is 11.8 Å². The predicted molar refractivity (Wildman–Crippen MR) is 114 cm³/mol. The van der Waals surface area contributed by atoms with E-state index >= 15 is 0 Å². The molecule has 0 aliphatic carbocycles. The number of aliphatic hydroxyl groups is 1. The van der Waals surface area contributed by atoms with E-state index in [1.54, 1.807) is 43.3 Å². The van der Waals surface area contributed by atoms with Crippen molar-refractivity contribution in [1.29, 1.82) is 0 Å². The topological polar surface area (TPSA) is 105 Å². The van der Waals surface area contributed by atoms with Gasteiger partial charge in [-0.1, -0.05) is 12.1 Å². The molecule has 0 radical (unpaired) electrons. The van der Waals surface area contributed by atoms with E-state index in [0.29, 0.717) is 23.7 Å². The third-order valence-electron chi connectivity index (χ3n) is 5.01. The SMILES string of the molecule is CCOc1cc([C@H](CC(C)O)N2C(=O)c3cccc(NC(C)=O)c3C2=O)ccc1OC. The molecule has 164 valence electrons. The molecule has 0 saturated carbocycles. The highest BCUT2D eigenvalue weighted by molar-refractivity contribution is 6.24. The second kappa shape index (κ2) is 9.18.